The number of carbonyl (C=O) groups excluding carboxylic acids is 1. The lowest BCUT2D eigenvalue weighted by atomic mass is 10.1. The monoisotopic (exact) mass is 279 g/mol. The van der Waals surface area contributed by atoms with Crippen molar-refractivity contribution in [2.24, 2.45) is 5.73 Å². The lowest BCUT2D eigenvalue weighted by Crippen LogP contribution is -2.36. The van der Waals surface area contributed by atoms with E-state index < -0.39 is 10.8 Å². The molecule has 0 aliphatic heterocycles. The van der Waals surface area contributed by atoms with Gasteiger partial charge in [0.2, 0.25) is 0 Å². The molecule has 102 valence electrons. The lowest BCUT2D eigenvalue weighted by Gasteiger charge is -2.13. The van der Waals surface area contributed by atoms with Crippen LogP contribution in [0.1, 0.15) is 22.8 Å². The summed E-state index contributed by atoms with van der Waals surface area (Å²) in [5.41, 5.74) is 6.30. The van der Waals surface area contributed by atoms with Gasteiger partial charge in [-0.25, -0.2) is 0 Å². The van der Waals surface area contributed by atoms with E-state index in [1.165, 1.54) is 12.4 Å². The summed E-state index contributed by atoms with van der Waals surface area (Å²) < 4.78 is 11.1. The molecule has 0 aromatic carbocycles. The summed E-state index contributed by atoms with van der Waals surface area (Å²) in [5.74, 6) is 5.67. The van der Waals surface area contributed by atoms with E-state index in [-0.39, 0.29) is 18.5 Å². The van der Waals surface area contributed by atoms with Crippen LogP contribution in [0.5, 0.6) is 0 Å². The molecule has 1 amide bonds. The molecule has 1 rings (SSSR count). The number of rotatable bonds is 4. The number of nitrogens with zero attached hydrogens (tertiary/aromatic N) is 1. The second kappa shape index (κ2) is 7.67. The number of hydrogen-bond acceptors (Lipinski definition) is 4. The molecule has 1 aromatic rings. The molecule has 2 atom stereocenters. The third kappa shape index (κ3) is 5.20. The second-order valence-corrected chi connectivity index (χ2v) is 5.52. The predicted octanol–water partition coefficient (Wildman–Crippen LogP) is -0.111. The molecule has 2 unspecified atom stereocenters. The molecule has 0 saturated carbocycles. The Morgan fingerprint density at radius 1 is 1.63 bits per heavy atom. The van der Waals surface area contributed by atoms with Gasteiger partial charge in [0.25, 0.3) is 5.91 Å². The molecule has 1 aromatic heterocycles. The van der Waals surface area contributed by atoms with E-state index in [1.54, 1.807) is 12.3 Å². The highest BCUT2D eigenvalue weighted by atomic mass is 32.2. The molecular weight excluding hydrogens is 262 g/mol. The van der Waals surface area contributed by atoms with Crippen LogP contribution in [-0.4, -0.2) is 39.7 Å². The minimum Gasteiger partial charge on any atom is -0.349 e. The van der Waals surface area contributed by atoms with Crippen molar-refractivity contribution in [1.29, 1.82) is 0 Å². The average Bonchev–Trinajstić information content (AvgIpc) is 2.35. The van der Waals surface area contributed by atoms with Gasteiger partial charge in [-0.2, -0.15) is 0 Å². The summed E-state index contributed by atoms with van der Waals surface area (Å²) in [6, 6.07) is 1.44. The number of pyridine rings is 1. The van der Waals surface area contributed by atoms with Gasteiger partial charge >= 0.3 is 0 Å². The summed E-state index contributed by atoms with van der Waals surface area (Å²) in [4.78, 5) is 16.0. The Morgan fingerprint density at radius 3 is 3.00 bits per heavy atom. The molecule has 0 fully saturated rings. The van der Waals surface area contributed by atoms with Gasteiger partial charge in [0, 0.05) is 41.2 Å². The van der Waals surface area contributed by atoms with Gasteiger partial charge in [-0.05, 0) is 13.0 Å². The van der Waals surface area contributed by atoms with Crippen molar-refractivity contribution in [1.82, 2.24) is 10.3 Å². The summed E-state index contributed by atoms with van der Waals surface area (Å²) in [6.07, 6.45) is 4.67. The van der Waals surface area contributed by atoms with Crippen molar-refractivity contribution in [2.45, 2.75) is 13.0 Å². The topological polar surface area (TPSA) is 85.1 Å². The maximum absolute atomic E-state index is 12.1. The summed E-state index contributed by atoms with van der Waals surface area (Å²) in [5, 5.41) is 2.79. The molecule has 5 nitrogen and oxygen atoms in total. The molecule has 0 saturated heterocycles. The largest absolute Gasteiger partial charge is 0.349 e. The van der Waals surface area contributed by atoms with Gasteiger partial charge in [0.15, 0.2) is 0 Å². The number of nitrogens with one attached hydrogen (secondary N) is 1. The van der Waals surface area contributed by atoms with Crippen LogP contribution in [0.4, 0.5) is 0 Å². The van der Waals surface area contributed by atoms with Crippen LogP contribution in [0.3, 0.4) is 0 Å². The fourth-order valence-corrected chi connectivity index (χ4v) is 2.32. The highest BCUT2D eigenvalue weighted by Gasteiger charge is 2.13. The Bertz CT molecular complexity index is 534. The molecule has 3 N–H and O–H groups in total. The molecule has 0 bridgehead atoms. The first kappa shape index (κ1) is 15.3. The SMILES string of the molecule is CC(CS(C)=O)NC(=O)c1ccncc1C#CCN. The quantitative estimate of drug-likeness (QED) is 0.753. The summed E-state index contributed by atoms with van der Waals surface area (Å²) in [6.45, 7) is 2.03. The zero-order valence-electron chi connectivity index (χ0n) is 11.0. The van der Waals surface area contributed by atoms with E-state index in [0.717, 1.165) is 0 Å². The Labute approximate surface area is 115 Å². The van der Waals surface area contributed by atoms with Crippen LogP contribution in [0, 0.1) is 11.8 Å². The van der Waals surface area contributed by atoms with Crippen LogP contribution in [0.25, 0.3) is 0 Å². The molecule has 0 aliphatic carbocycles. The van der Waals surface area contributed by atoms with E-state index in [4.69, 9.17) is 5.73 Å². The number of amides is 1. The number of nitrogens with two attached hydrogens (primary N) is 1. The number of aromatic nitrogens is 1. The molecule has 0 radical (unpaired) electrons. The first-order valence-electron chi connectivity index (χ1n) is 5.78. The average molecular weight is 279 g/mol. The highest BCUT2D eigenvalue weighted by molar-refractivity contribution is 7.84. The molecular formula is C13H17N3O2S. The van der Waals surface area contributed by atoms with E-state index in [1.807, 2.05) is 6.92 Å². The Balaban J connectivity index is 2.85. The Kier molecular flexibility index (Phi) is 6.19. The number of hydrogen-bond donors (Lipinski definition) is 2. The molecule has 0 aliphatic rings. The van der Waals surface area contributed by atoms with Crippen LogP contribution < -0.4 is 11.1 Å². The minimum absolute atomic E-state index is 0.165. The van der Waals surface area contributed by atoms with Crippen molar-refractivity contribution in [2.75, 3.05) is 18.6 Å². The van der Waals surface area contributed by atoms with E-state index in [2.05, 4.69) is 22.1 Å². The lowest BCUT2D eigenvalue weighted by molar-refractivity contribution is 0.0943. The van der Waals surface area contributed by atoms with Crippen molar-refractivity contribution in [3.8, 4) is 11.8 Å². The van der Waals surface area contributed by atoms with Gasteiger partial charge in [-0.3, -0.25) is 14.0 Å². The van der Waals surface area contributed by atoms with Crippen molar-refractivity contribution in [3.63, 3.8) is 0 Å². The van der Waals surface area contributed by atoms with E-state index in [0.29, 0.717) is 16.9 Å². The van der Waals surface area contributed by atoms with Crippen molar-refractivity contribution in [3.05, 3.63) is 29.6 Å². The zero-order chi connectivity index (χ0) is 14.3. The third-order valence-corrected chi connectivity index (χ3v) is 3.22. The van der Waals surface area contributed by atoms with Crippen molar-refractivity contribution < 1.29 is 9.00 Å². The normalized spacial score (nSPS) is 13.0. The van der Waals surface area contributed by atoms with Gasteiger partial charge < -0.3 is 11.1 Å². The summed E-state index contributed by atoms with van der Waals surface area (Å²) in [7, 11) is -0.950. The first-order chi connectivity index (χ1) is 9.04. The summed E-state index contributed by atoms with van der Waals surface area (Å²) >= 11 is 0. The van der Waals surface area contributed by atoms with Crippen LogP contribution in [0.15, 0.2) is 18.5 Å². The Hall–Kier alpha value is -1.71. The van der Waals surface area contributed by atoms with Crippen molar-refractivity contribution >= 4 is 16.7 Å². The smallest absolute Gasteiger partial charge is 0.252 e. The standard InChI is InChI=1S/C13H17N3O2S/c1-10(9-19(2)18)16-13(17)12-5-7-15-8-11(12)4-3-6-14/h5,7-8,10H,6,9,14H2,1-2H3,(H,16,17). The second-order valence-electron chi connectivity index (χ2n) is 4.04. The maximum atomic E-state index is 12.1. The predicted molar refractivity (Wildman–Crippen MR) is 76.0 cm³/mol. The fourth-order valence-electron chi connectivity index (χ4n) is 1.53. The highest BCUT2D eigenvalue weighted by Crippen LogP contribution is 2.05. The molecule has 19 heavy (non-hydrogen) atoms. The molecule has 0 spiro atoms. The van der Waals surface area contributed by atoms with Crippen LogP contribution in [0.2, 0.25) is 0 Å². The zero-order valence-corrected chi connectivity index (χ0v) is 11.8. The third-order valence-electron chi connectivity index (χ3n) is 2.25. The van der Waals surface area contributed by atoms with E-state index in [9.17, 15) is 9.00 Å². The first-order valence-corrected chi connectivity index (χ1v) is 7.51. The molecule has 6 heteroatoms. The minimum atomic E-state index is -0.950. The Morgan fingerprint density at radius 2 is 2.37 bits per heavy atom. The van der Waals surface area contributed by atoms with Gasteiger partial charge in [0.05, 0.1) is 17.7 Å². The van der Waals surface area contributed by atoms with E-state index >= 15 is 0 Å². The van der Waals surface area contributed by atoms with Gasteiger partial charge in [0.1, 0.15) is 0 Å². The van der Waals surface area contributed by atoms with Gasteiger partial charge in [-0.15, -0.1) is 0 Å². The molecule has 1 heterocycles. The van der Waals surface area contributed by atoms with Crippen LogP contribution in [-0.2, 0) is 10.8 Å². The van der Waals surface area contributed by atoms with Gasteiger partial charge in [-0.1, -0.05) is 11.8 Å². The van der Waals surface area contributed by atoms with Crippen LogP contribution >= 0.6 is 0 Å². The maximum Gasteiger partial charge on any atom is 0.252 e. The number of carbonyl (C=O) groups is 1. The fraction of sp³-hybridized carbons (Fsp3) is 0.385.